The monoisotopic (exact) mass is 170 g/mol. The number of hydrogen-bond donors (Lipinski definition) is 5. The summed E-state index contributed by atoms with van der Waals surface area (Å²) < 4.78 is 0. The predicted molar refractivity (Wildman–Crippen MR) is 32.6 cm³/mol. The molecule has 6 nitrogen and oxygen atoms in total. The Hall–Kier alpha value is -0.473. The number of carboxylic acid groups (broad SMARTS) is 1. The van der Waals surface area contributed by atoms with Crippen LogP contribution in [0, 0.1) is 0 Å². The summed E-state index contributed by atoms with van der Waals surface area (Å²) in [5.41, 5.74) is 0. The molecule has 0 aromatic carbocycles. The van der Waals surface area contributed by atoms with Crippen molar-refractivity contribution in [3.8, 4) is 0 Å². The Morgan fingerprint density at radius 1 is 1.30 bits per heavy atom. The first-order valence-corrected chi connectivity index (χ1v) is 4.17. The van der Waals surface area contributed by atoms with Crippen LogP contribution in [-0.4, -0.2) is 39.3 Å². The lowest BCUT2D eigenvalue weighted by atomic mass is 10.5. The minimum Gasteiger partial charge on any atom is -0.481 e. The molecule has 0 bridgehead atoms. The summed E-state index contributed by atoms with van der Waals surface area (Å²) in [5, 5.41) is 7.72. The second-order valence-corrected chi connectivity index (χ2v) is 2.55. The van der Waals surface area contributed by atoms with Crippen molar-refractivity contribution in [2.75, 3.05) is 0 Å². The predicted octanol–water partition coefficient (Wildman–Crippen LogP) is -2.13. The van der Waals surface area contributed by atoms with Gasteiger partial charge < -0.3 is 24.3 Å². The highest BCUT2D eigenvalue weighted by atomic mass is 28.4. The van der Waals surface area contributed by atoms with E-state index in [0.29, 0.717) is 0 Å². The zero-order chi connectivity index (χ0) is 8.78. The molecule has 5 N–H and O–H groups in total. The lowest BCUT2D eigenvalue weighted by Crippen LogP contribution is -2.33. The van der Waals surface area contributed by atoms with Gasteiger partial charge in [0.1, 0.15) is 0 Å². The van der Waals surface area contributed by atoms with E-state index in [9.17, 15) is 4.79 Å². The maximum Gasteiger partial charge on any atom is 0.668 e. The molecule has 0 aliphatic heterocycles. The summed E-state index contributed by atoms with van der Waals surface area (Å²) in [6, 6.07) is 0. The molecule has 0 aliphatic rings. The topological polar surface area (TPSA) is 118 Å². The molecule has 0 heterocycles. The van der Waals surface area contributed by atoms with Crippen LogP contribution in [0.25, 0.3) is 0 Å². The molecule has 0 aromatic rings. The van der Waals surface area contributed by atoms with Gasteiger partial charge in [-0.2, -0.15) is 0 Å². The molecule has 0 rings (SSSR count). The van der Waals surface area contributed by atoms with Crippen molar-refractivity contribution in [1.82, 2.24) is 0 Å². The van der Waals surface area contributed by atoms with E-state index in [1.807, 2.05) is 0 Å². The quantitative estimate of drug-likeness (QED) is 0.287. The van der Waals surface area contributed by atoms with Crippen molar-refractivity contribution in [2.24, 2.45) is 0 Å². The van der Waals surface area contributed by atoms with Crippen LogP contribution in [0.5, 0.6) is 0 Å². The van der Waals surface area contributed by atoms with Gasteiger partial charge in [0, 0.05) is 6.42 Å². The zero-order valence-corrected chi connectivity index (χ0v) is 6.35. The van der Waals surface area contributed by atoms with Crippen LogP contribution >= 0.6 is 0 Å². The zero-order valence-electron chi connectivity index (χ0n) is 5.35. The fourth-order valence-corrected chi connectivity index (χ4v) is 0. The van der Waals surface area contributed by atoms with E-state index in [1.54, 1.807) is 6.92 Å². The van der Waals surface area contributed by atoms with E-state index in [-0.39, 0.29) is 6.42 Å². The highest BCUT2D eigenvalue weighted by molar-refractivity contribution is 6.46. The molecule has 0 aliphatic carbocycles. The van der Waals surface area contributed by atoms with Crippen LogP contribution in [0.4, 0.5) is 0 Å². The Balaban J connectivity index is 0. The third kappa shape index (κ3) is 138. The Morgan fingerprint density at radius 2 is 1.40 bits per heavy atom. The first-order valence-electron chi connectivity index (χ1n) is 2.38. The lowest BCUT2D eigenvalue weighted by Gasteiger charge is -1.91. The molecule has 10 heavy (non-hydrogen) atoms. The smallest absolute Gasteiger partial charge is 0.481 e. The molecule has 0 saturated carbocycles. The summed E-state index contributed by atoms with van der Waals surface area (Å²) in [6.07, 6.45) is 0.222. The standard InChI is InChI=1S/C3H6O2.H4O4Si/c1-2-3(4)5;1-5(2,3)4/h2H2,1H3,(H,4,5);1-4H. The van der Waals surface area contributed by atoms with Gasteiger partial charge in [0.25, 0.3) is 0 Å². The Labute approximate surface area is 58.5 Å². The van der Waals surface area contributed by atoms with Gasteiger partial charge in [-0.3, -0.25) is 4.79 Å². The van der Waals surface area contributed by atoms with Gasteiger partial charge in [-0.25, -0.2) is 0 Å². The van der Waals surface area contributed by atoms with Crippen molar-refractivity contribution in [3.05, 3.63) is 0 Å². The van der Waals surface area contributed by atoms with E-state index >= 15 is 0 Å². The first-order chi connectivity index (χ1) is 4.27. The molecule has 0 saturated heterocycles. The van der Waals surface area contributed by atoms with E-state index in [0.717, 1.165) is 0 Å². The second-order valence-electron chi connectivity index (χ2n) is 1.35. The fraction of sp³-hybridized carbons (Fsp3) is 0.667. The molecular formula is C3H10O6Si. The van der Waals surface area contributed by atoms with Crippen molar-refractivity contribution >= 4 is 15.0 Å². The lowest BCUT2D eigenvalue weighted by molar-refractivity contribution is -0.136. The number of aliphatic carboxylic acids is 1. The van der Waals surface area contributed by atoms with Crippen molar-refractivity contribution in [3.63, 3.8) is 0 Å². The van der Waals surface area contributed by atoms with Crippen LogP contribution in [-0.2, 0) is 4.79 Å². The van der Waals surface area contributed by atoms with Crippen LogP contribution in [0.1, 0.15) is 13.3 Å². The number of rotatable bonds is 1. The van der Waals surface area contributed by atoms with Gasteiger partial charge in [0.2, 0.25) is 0 Å². The highest BCUT2D eigenvalue weighted by Crippen LogP contribution is 1.67. The van der Waals surface area contributed by atoms with E-state index in [4.69, 9.17) is 24.3 Å². The highest BCUT2D eigenvalue weighted by Gasteiger charge is 2.22. The second kappa shape index (κ2) is 5.32. The van der Waals surface area contributed by atoms with Crippen molar-refractivity contribution in [1.29, 1.82) is 0 Å². The van der Waals surface area contributed by atoms with Crippen molar-refractivity contribution < 1.29 is 29.1 Å². The molecule has 0 spiro atoms. The molecule has 0 unspecified atom stereocenters. The third-order valence-corrected chi connectivity index (χ3v) is 0.302. The summed E-state index contributed by atoms with van der Waals surface area (Å²) in [5.74, 6) is -0.745. The molecule has 0 aromatic heterocycles. The average Bonchev–Trinajstić information content (AvgIpc) is 1.61. The van der Waals surface area contributed by atoms with Crippen LogP contribution in [0.2, 0.25) is 0 Å². The maximum atomic E-state index is 9.37. The first kappa shape index (κ1) is 12.2. The SMILES string of the molecule is CCC(=O)O.O[Si](O)(O)O. The van der Waals surface area contributed by atoms with E-state index in [1.165, 1.54) is 0 Å². The van der Waals surface area contributed by atoms with Gasteiger partial charge in [-0.1, -0.05) is 6.92 Å². The summed E-state index contributed by atoms with van der Waals surface area (Å²) in [6.45, 7) is 1.60. The van der Waals surface area contributed by atoms with Crippen LogP contribution in [0.3, 0.4) is 0 Å². The number of hydrogen-bond acceptors (Lipinski definition) is 5. The minimum atomic E-state index is -4.61. The minimum absolute atomic E-state index is 0.222. The number of carboxylic acids is 1. The van der Waals surface area contributed by atoms with Crippen molar-refractivity contribution in [2.45, 2.75) is 13.3 Å². The molecule has 0 radical (unpaired) electrons. The molecule has 7 heteroatoms. The average molecular weight is 170 g/mol. The van der Waals surface area contributed by atoms with E-state index in [2.05, 4.69) is 0 Å². The van der Waals surface area contributed by atoms with Crippen LogP contribution < -0.4 is 0 Å². The molecule has 0 atom stereocenters. The summed E-state index contributed by atoms with van der Waals surface area (Å²) >= 11 is 0. The van der Waals surface area contributed by atoms with Gasteiger partial charge >= 0.3 is 15.0 Å². The summed E-state index contributed by atoms with van der Waals surface area (Å²) in [7, 11) is -4.61. The molecule has 0 amide bonds. The van der Waals surface area contributed by atoms with E-state index < -0.39 is 15.0 Å². The van der Waals surface area contributed by atoms with Gasteiger partial charge in [0.05, 0.1) is 0 Å². The number of carbonyl (C=O) groups is 1. The van der Waals surface area contributed by atoms with Crippen LogP contribution in [0.15, 0.2) is 0 Å². The molecule has 0 fully saturated rings. The van der Waals surface area contributed by atoms with Gasteiger partial charge in [-0.15, -0.1) is 0 Å². The largest absolute Gasteiger partial charge is 0.668 e. The third-order valence-electron chi connectivity index (χ3n) is 0.302. The Kier molecular flexibility index (Phi) is 6.51. The Bertz CT molecular complexity index is 89.7. The normalized spacial score (nSPS) is 9.70. The van der Waals surface area contributed by atoms with Gasteiger partial charge in [0.15, 0.2) is 0 Å². The summed E-state index contributed by atoms with van der Waals surface area (Å²) in [4.78, 5) is 38.7. The maximum absolute atomic E-state index is 9.37. The fourth-order valence-electron chi connectivity index (χ4n) is 0. The molecular weight excluding hydrogens is 160 g/mol. The molecule has 62 valence electrons. The van der Waals surface area contributed by atoms with Gasteiger partial charge in [-0.05, 0) is 0 Å². The Morgan fingerprint density at radius 3 is 1.40 bits per heavy atom.